The summed E-state index contributed by atoms with van der Waals surface area (Å²) in [4.78, 5) is 0. The maximum Gasteiger partial charge on any atom is 0.476 e. The summed E-state index contributed by atoms with van der Waals surface area (Å²) >= 11 is 0. The monoisotopic (exact) mass is 1090 g/mol. The standard InChI is InChI=1S/C58H57O15P3/c59-74(65-37-47-27-13-14-28-48(47)38-66-74)71-53-54(62-34-44-21-7-2-8-22-44)56(64-36-46-25-11-4-12-26-46)58(33-43-19-5-1-6-20-43,73-76(61)69-41-51-31-17-18-32-52(51)42-70-76)57(55(53)63-35-45-23-9-3-10-24-45)72-75(60)67-39-49-29-15-16-30-50(49)40-68-75/h1-32,53-57H,33-42H2/t53-,54+,55+,56+,57-,58-/m1/s1. The topological polar surface area (TPSA) is 162 Å². The zero-order valence-corrected chi connectivity index (χ0v) is 44.1. The van der Waals surface area contributed by atoms with E-state index in [1.54, 1.807) is 0 Å². The molecule has 7 aromatic rings. The van der Waals surface area contributed by atoms with Crippen molar-refractivity contribution in [3.8, 4) is 0 Å². The fraction of sp³-hybridized carbons (Fsp3) is 0.276. The highest BCUT2D eigenvalue weighted by Gasteiger charge is 2.68. The van der Waals surface area contributed by atoms with Crippen LogP contribution in [0.1, 0.15) is 55.6 Å². The molecule has 1 aliphatic carbocycles. The van der Waals surface area contributed by atoms with Gasteiger partial charge in [-0.2, -0.15) is 0 Å². The van der Waals surface area contributed by atoms with Crippen molar-refractivity contribution in [3.63, 3.8) is 0 Å². The molecule has 76 heavy (non-hydrogen) atoms. The van der Waals surface area contributed by atoms with E-state index in [4.69, 9.17) is 54.9 Å². The van der Waals surface area contributed by atoms with Crippen LogP contribution in [0.5, 0.6) is 0 Å². The van der Waals surface area contributed by atoms with Gasteiger partial charge in [0.15, 0.2) is 0 Å². The summed E-state index contributed by atoms with van der Waals surface area (Å²) in [5.74, 6) is 0. The van der Waals surface area contributed by atoms with Crippen LogP contribution in [0.15, 0.2) is 194 Å². The van der Waals surface area contributed by atoms with E-state index in [0.29, 0.717) is 11.1 Å². The molecule has 0 unspecified atom stereocenters. The minimum absolute atomic E-state index is 0.0602. The molecule has 6 atom stereocenters. The average molecular weight is 1090 g/mol. The molecule has 3 aliphatic heterocycles. The first-order valence-electron chi connectivity index (χ1n) is 25.1. The summed E-state index contributed by atoms with van der Waals surface area (Å²) < 4.78 is 128. The number of phosphoric ester groups is 3. The SMILES string of the molecule is O=P1(O[C@H]2[C@H](OCc3ccccc3)[C@@H](OP3(=O)OCc4ccccc4CO3)[C@](Cc3ccccc3)(OP3(=O)OCc4ccccc4CO3)[C@@H](OCc3ccccc3)[C@H]2OCc2ccccc2)OCc2ccccc2CO1. The van der Waals surface area contributed by atoms with E-state index in [1.807, 2.05) is 194 Å². The normalized spacial score (nSPS) is 24.6. The summed E-state index contributed by atoms with van der Waals surface area (Å²) in [6.07, 6.45) is -8.01. The van der Waals surface area contributed by atoms with Crippen LogP contribution in [-0.2, 0) is 135 Å². The molecule has 0 saturated heterocycles. The number of fused-ring (bicyclic) bond motifs is 3. The second-order valence-corrected chi connectivity index (χ2v) is 23.7. The molecule has 0 amide bonds. The number of phosphoric acid groups is 3. The molecular weight excluding hydrogens is 1030 g/mol. The zero-order valence-electron chi connectivity index (χ0n) is 41.4. The Hall–Kier alpha value is -5.25. The Balaban J connectivity index is 1.13. The van der Waals surface area contributed by atoms with Gasteiger partial charge in [0.1, 0.15) is 36.1 Å². The summed E-state index contributed by atoms with van der Waals surface area (Å²) in [5.41, 5.74) is 5.05. The third kappa shape index (κ3) is 12.4. The molecule has 1 fully saturated rings. The number of ether oxygens (including phenoxy) is 3. The Kier molecular flexibility index (Phi) is 16.5. The van der Waals surface area contributed by atoms with Gasteiger partial charge < -0.3 is 14.2 Å². The van der Waals surface area contributed by atoms with Crippen molar-refractivity contribution in [3.05, 3.63) is 250 Å². The molecular formula is C58H57O15P3. The van der Waals surface area contributed by atoms with Crippen molar-refractivity contribution in [1.29, 1.82) is 0 Å². The van der Waals surface area contributed by atoms with Crippen LogP contribution in [0.25, 0.3) is 0 Å². The van der Waals surface area contributed by atoms with Gasteiger partial charge in [0.05, 0.1) is 59.5 Å². The van der Waals surface area contributed by atoms with Crippen molar-refractivity contribution in [1.82, 2.24) is 0 Å². The van der Waals surface area contributed by atoms with Crippen molar-refractivity contribution in [2.45, 2.75) is 102 Å². The van der Waals surface area contributed by atoms with E-state index >= 15 is 13.7 Å². The molecule has 0 aromatic heterocycles. The molecule has 15 nitrogen and oxygen atoms in total. The lowest BCUT2D eigenvalue weighted by atomic mass is 9.71. The highest BCUT2D eigenvalue weighted by molar-refractivity contribution is 7.49. The molecule has 7 aromatic carbocycles. The van der Waals surface area contributed by atoms with Gasteiger partial charge in [-0.3, -0.25) is 40.7 Å². The lowest BCUT2D eigenvalue weighted by Gasteiger charge is -2.56. The first-order chi connectivity index (χ1) is 37.1. The second-order valence-electron chi connectivity index (χ2n) is 18.8. The molecule has 0 spiro atoms. The molecule has 18 heteroatoms. The zero-order chi connectivity index (χ0) is 51.8. The summed E-state index contributed by atoms with van der Waals surface area (Å²) in [6, 6.07) is 59.7. The predicted octanol–water partition coefficient (Wildman–Crippen LogP) is 13.1. The van der Waals surface area contributed by atoms with Crippen LogP contribution >= 0.6 is 23.5 Å². The van der Waals surface area contributed by atoms with Crippen LogP contribution in [-0.4, -0.2) is 36.1 Å². The van der Waals surface area contributed by atoms with Gasteiger partial charge in [0.25, 0.3) is 0 Å². The van der Waals surface area contributed by atoms with Crippen LogP contribution in [0.4, 0.5) is 0 Å². The van der Waals surface area contributed by atoms with Crippen molar-refractivity contribution >= 4 is 23.5 Å². The molecule has 0 bridgehead atoms. The second kappa shape index (κ2) is 23.8. The largest absolute Gasteiger partial charge is 0.476 e. The van der Waals surface area contributed by atoms with Crippen molar-refractivity contribution in [2.24, 2.45) is 0 Å². The molecule has 0 radical (unpaired) electrons. The molecule has 3 heterocycles. The van der Waals surface area contributed by atoms with E-state index in [-0.39, 0.29) is 65.9 Å². The number of rotatable bonds is 17. The van der Waals surface area contributed by atoms with E-state index < -0.39 is 59.6 Å². The van der Waals surface area contributed by atoms with E-state index in [9.17, 15) is 0 Å². The molecule has 11 rings (SSSR count). The van der Waals surface area contributed by atoms with Gasteiger partial charge in [-0.05, 0) is 55.6 Å². The molecule has 0 N–H and O–H groups in total. The maximum absolute atomic E-state index is 16.0. The molecule has 4 aliphatic rings. The predicted molar refractivity (Wildman–Crippen MR) is 280 cm³/mol. The lowest BCUT2D eigenvalue weighted by Crippen LogP contribution is -2.74. The molecule has 394 valence electrons. The van der Waals surface area contributed by atoms with Gasteiger partial charge in [-0.25, -0.2) is 13.7 Å². The minimum atomic E-state index is -4.81. The third-order valence-electron chi connectivity index (χ3n) is 13.8. The van der Waals surface area contributed by atoms with Gasteiger partial charge >= 0.3 is 23.5 Å². The highest BCUT2D eigenvalue weighted by Crippen LogP contribution is 2.65. The van der Waals surface area contributed by atoms with E-state index in [2.05, 4.69) is 0 Å². The Morgan fingerprint density at radius 3 is 1.03 bits per heavy atom. The Morgan fingerprint density at radius 2 is 0.645 bits per heavy atom. The molecule has 1 saturated carbocycles. The Morgan fingerprint density at radius 1 is 0.342 bits per heavy atom. The van der Waals surface area contributed by atoms with E-state index in [0.717, 1.165) is 44.5 Å². The number of hydrogen-bond acceptors (Lipinski definition) is 15. The smallest absolute Gasteiger partial charge is 0.368 e. The van der Waals surface area contributed by atoms with Crippen LogP contribution in [0.3, 0.4) is 0 Å². The number of benzene rings is 7. The summed E-state index contributed by atoms with van der Waals surface area (Å²) in [5, 5.41) is 0. The maximum atomic E-state index is 16.0. The van der Waals surface area contributed by atoms with Crippen molar-refractivity contribution in [2.75, 3.05) is 0 Å². The van der Waals surface area contributed by atoms with Gasteiger partial charge in [-0.1, -0.05) is 194 Å². The lowest BCUT2D eigenvalue weighted by molar-refractivity contribution is -0.289. The van der Waals surface area contributed by atoms with Gasteiger partial charge in [0.2, 0.25) is 0 Å². The first-order valence-corrected chi connectivity index (χ1v) is 29.5. The minimum Gasteiger partial charge on any atom is -0.368 e. The summed E-state index contributed by atoms with van der Waals surface area (Å²) in [6.45, 7) is -1.19. The van der Waals surface area contributed by atoms with E-state index in [1.165, 1.54) is 0 Å². The fourth-order valence-corrected chi connectivity index (χ4v) is 14.0. The highest BCUT2D eigenvalue weighted by atomic mass is 31.2. The summed E-state index contributed by atoms with van der Waals surface area (Å²) in [7, 11) is -14.3. The number of hydrogen-bond donors (Lipinski definition) is 0. The Bertz CT molecular complexity index is 3100. The quantitative estimate of drug-likeness (QED) is 0.0791. The first kappa shape index (κ1) is 52.8. The average Bonchev–Trinajstić information content (AvgIpc) is 3.84. The fourth-order valence-electron chi connectivity index (χ4n) is 9.86. The van der Waals surface area contributed by atoms with Crippen molar-refractivity contribution < 1.29 is 68.6 Å². The van der Waals surface area contributed by atoms with Gasteiger partial charge in [0, 0.05) is 6.42 Å². The van der Waals surface area contributed by atoms with Crippen LogP contribution < -0.4 is 0 Å². The Labute approximate surface area is 442 Å². The van der Waals surface area contributed by atoms with Gasteiger partial charge in [-0.15, -0.1) is 0 Å². The van der Waals surface area contributed by atoms with Crippen LogP contribution in [0, 0.1) is 0 Å². The third-order valence-corrected chi connectivity index (χ3v) is 18.0. The van der Waals surface area contributed by atoms with Crippen LogP contribution in [0.2, 0.25) is 0 Å².